The number of para-hydroxylation sites is 2. The number of nitrogens with zero attached hydrogens (tertiary/aromatic N) is 3. The van der Waals surface area contributed by atoms with Gasteiger partial charge in [-0.15, -0.1) is 0 Å². The normalized spacial score (nSPS) is 12.1. The molecule has 10 rings (SSSR count). The predicted octanol–water partition coefficient (Wildman–Crippen LogP) is 10.6. The van der Waals surface area contributed by atoms with Crippen molar-refractivity contribution in [2.75, 3.05) is 0 Å². The Morgan fingerprint density at radius 3 is 1.98 bits per heavy atom. The zero-order valence-electron chi connectivity index (χ0n) is 23.5. The van der Waals surface area contributed by atoms with Gasteiger partial charge in [0.15, 0.2) is 5.82 Å². The Kier molecular flexibility index (Phi) is 4.69. The molecular formula is C40H23N3O. The average molecular weight is 562 g/mol. The number of benzene rings is 7. The van der Waals surface area contributed by atoms with E-state index in [0.717, 1.165) is 44.6 Å². The topological polar surface area (TPSA) is 43.9 Å². The second-order valence-electron chi connectivity index (χ2n) is 11.4. The minimum Gasteiger partial charge on any atom is -0.436 e. The minimum atomic E-state index is 0.536. The summed E-state index contributed by atoms with van der Waals surface area (Å²) in [7, 11) is 0. The van der Waals surface area contributed by atoms with Gasteiger partial charge in [-0.05, 0) is 68.7 Å². The molecule has 4 nitrogen and oxygen atoms in total. The highest BCUT2D eigenvalue weighted by Crippen LogP contribution is 2.39. The highest BCUT2D eigenvalue weighted by atomic mass is 16.3. The van der Waals surface area contributed by atoms with Crippen LogP contribution in [0.25, 0.3) is 93.4 Å². The third-order valence-corrected chi connectivity index (χ3v) is 8.97. The van der Waals surface area contributed by atoms with Gasteiger partial charge in [0.05, 0.1) is 11.0 Å². The fourth-order valence-corrected chi connectivity index (χ4v) is 6.90. The molecule has 0 aliphatic carbocycles. The Hall–Kier alpha value is -6.00. The maximum Gasteiger partial charge on any atom is 0.247 e. The van der Waals surface area contributed by atoms with Gasteiger partial charge >= 0.3 is 0 Å². The molecule has 0 aliphatic rings. The monoisotopic (exact) mass is 561 g/mol. The lowest BCUT2D eigenvalue weighted by atomic mass is 9.99. The molecule has 0 fully saturated rings. The average Bonchev–Trinajstić information content (AvgIpc) is 3.61. The van der Waals surface area contributed by atoms with Crippen LogP contribution in [-0.4, -0.2) is 14.5 Å². The lowest BCUT2D eigenvalue weighted by Crippen LogP contribution is -2.03. The van der Waals surface area contributed by atoms with Gasteiger partial charge in [0.25, 0.3) is 0 Å². The summed E-state index contributed by atoms with van der Waals surface area (Å²) in [6.45, 7) is 0. The number of hydrogen-bond donors (Lipinski definition) is 0. The fraction of sp³-hybridized carbons (Fsp3) is 0. The molecule has 0 radical (unpaired) electrons. The van der Waals surface area contributed by atoms with Crippen LogP contribution >= 0.6 is 0 Å². The minimum absolute atomic E-state index is 0.536. The van der Waals surface area contributed by atoms with E-state index in [2.05, 4.69) is 126 Å². The molecule has 3 aromatic heterocycles. The summed E-state index contributed by atoms with van der Waals surface area (Å²) in [6, 6.07) is 49.2. The molecule has 0 saturated heterocycles. The van der Waals surface area contributed by atoms with Crippen molar-refractivity contribution < 1.29 is 4.42 Å². The van der Waals surface area contributed by atoms with Crippen LogP contribution in [0.1, 0.15) is 0 Å². The van der Waals surface area contributed by atoms with Crippen LogP contribution in [0.3, 0.4) is 0 Å². The maximum absolute atomic E-state index is 6.29. The number of rotatable bonds is 2. The van der Waals surface area contributed by atoms with Crippen LogP contribution in [0.5, 0.6) is 0 Å². The quantitative estimate of drug-likeness (QED) is 0.197. The van der Waals surface area contributed by atoms with E-state index in [0.29, 0.717) is 5.71 Å². The Bertz CT molecular complexity index is 2790. The van der Waals surface area contributed by atoms with E-state index in [4.69, 9.17) is 14.4 Å². The molecule has 0 spiro atoms. The lowest BCUT2D eigenvalue weighted by molar-refractivity contribution is 0.653. The van der Waals surface area contributed by atoms with Gasteiger partial charge in [0, 0.05) is 21.7 Å². The van der Waals surface area contributed by atoms with Crippen molar-refractivity contribution >= 4 is 76.3 Å². The van der Waals surface area contributed by atoms with E-state index >= 15 is 0 Å². The first-order valence-corrected chi connectivity index (χ1v) is 14.8. The van der Waals surface area contributed by atoms with E-state index in [1.54, 1.807) is 0 Å². The van der Waals surface area contributed by atoms with E-state index in [-0.39, 0.29) is 0 Å². The first-order valence-electron chi connectivity index (χ1n) is 14.8. The predicted molar refractivity (Wildman–Crippen MR) is 182 cm³/mol. The standard InChI is InChI=1S/C40H23N3O/c1-2-11-27-23-35-33(21-26(27)10-1)30-13-5-7-15-34(30)43(35)39-37(42-40-38(41-39)31-14-6-8-16-36(31)44-40)28-20-19-25-18-17-24-9-3-4-12-29(24)32(25)22-28/h1-23H. The number of fused-ring (bicyclic) bond motifs is 10. The van der Waals surface area contributed by atoms with Crippen molar-refractivity contribution in [1.29, 1.82) is 0 Å². The smallest absolute Gasteiger partial charge is 0.247 e. The zero-order valence-corrected chi connectivity index (χ0v) is 23.5. The van der Waals surface area contributed by atoms with Crippen LogP contribution in [0.4, 0.5) is 0 Å². The second kappa shape index (κ2) is 8.76. The number of furan rings is 1. The molecule has 0 bridgehead atoms. The summed E-state index contributed by atoms with van der Waals surface area (Å²) in [5, 5.41) is 10.5. The molecule has 204 valence electrons. The van der Waals surface area contributed by atoms with E-state index in [1.165, 1.54) is 43.1 Å². The van der Waals surface area contributed by atoms with E-state index in [1.807, 2.05) is 18.2 Å². The van der Waals surface area contributed by atoms with Gasteiger partial charge < -0.3 is 4.42 Å². The molecule has 0 atom stereocenters. The van der Waals surface area contributed by atoms with Crippen molar-refractivity contribution in [2.24, 2.45) is 0 Å². The highest BCUT2D eigenvalue weighted by Gasteiger charge is 2.22. The molecule has 3 heterocycles. The molecule has 44 heavy (non-hydrogen) atoms. The van der Waals surface area contributed by atoms with Crippen LogP contribution in [0.15, 0.2) is 144 Å². The van der Waals surface area contributed by atoms with Gasteiger partial charge in [-0.1, -0.05) is 103 Å². The van der Waals surface area contributed by atoms with Crippen molar-refractivity contribution in [3.63, 3.8) is 0 Å². The summed E-state index contributed by atoms with van der Waals surface area (Å²) in [5.74, 6) is 0.783. The number of aromatic nitrogens is 3. The van der Waals surface area contributed by atoms with Crippen molar-refractivity contribution in [3.8, 4) is 17.1 Å². The zero-order chi connectivity index (χ0) is 28.8. The second-order valence-corrected chi connectivity index (χ2v) is 11.4. The molecule has 10 aromatic rings. The Balaban J connectivity index is 1.37. The van der Waals surface area contributed by atoms with E-state index in [9.17, 15) is 0 Å². The Morgan fingerprint density at radius 2 is 1.11 bits per heavy atom. The molecule has 0 N–H and O–H groups in total. The van der Waals surface area contributed by atoms with E-state index < -0.39 is 0 Å². The Labute approximate surface area is 251 Å². The fourth-order valence-electron chi connectivity index (χ4n) is 6.90. The van der Waals surface area contributed by atoms with Crippen LogP contribution in [-0.2, 0) is 0 Å². The third kappa shape index (κ3) is 3.28. The molecule has 7 aromatic carbocycles. The molecule has 0 unspecified atom stereocenters. The summed E-state index contributed by atoms with van der Waals surface area (Å²) >= 11 is 0. The lowest BCUT2D eigenvalue weighted by Gasteiger charge is -2.13. The molecule has 0 aliphatic heterocycles. The molecule has 0 saturated carbocycles. The molecule has 4 heteroatoms. The van der Waals surface area contributed by atoms with Crippen LogP contribution < -0.4 is 0 Å². The van der Waals surface area contributed by atoms with Gasteiger partial charge in [0.2, 0.25) is 5.71 Å². The Morgan fingerprint density at radius 1 is 0.455 bits per heavy atom. The van der Waals surface area contributed by atoms with Crippen LogP contribution in [0, 0.1) is 0 Å². The third-order valence-electron chi connectivity index (χ3n) is 8.97. The van der Waals surface area contributed by atoms with Crippen LogP contribution in [0.2, 0.25) is 0 Å². The van der Waals surface area contributed by atoms with Crippen molar-refractivity contribution in [2.45, 2.75) is 0 Å². The van der Waals surface area contributed by atoms with Gasteiger partial charge in [0.1, 0.15) is 16.8 Å². The summed E-state index contributed by atoms with van der Waals surface area (Å²) in [4.78, 5) is 10.7. The van der Waals surface area contributed by atoms with Gasteiger partial charge in [-0.25, -0.2) is 9.97 Å². The summed E-state index contributed by atoms with van der Waals surface area (Å²) in [6.07, 6.45) is 0. The number of hydrogen-bond acceptors (Lipinski definition) is 3. The van der Waals surface area contributed by atoms with Crippen molar-refractivity contribution in [3.05, 3.63) is 140 Å². The van der Waals surface area contributed by atoms with Gasteiger partial charge in [-0.2, -0.15) is 0 Å². The first kappa shape index (κ1) is 23.6. The molecule has 0 amide bonds. The summed E-state index contributed by atoms with van der Waals surface area (Å²) < 4.78 is 8.58. The largest absolute Gasteiger partial charge is 0.436 e. The first-order chi connectivity index (χ1) is 21.8. The van der Waals surface area contributed by atoms with Gasteiger partial charge in [-0.3, -0.25) is 4.57 Å². The van der Waals surface area contributed by atoms with Crippen molar-refractivity contribution in [1.82, 2.24) is 14.5 Å². The SMILES string of the molecule is c1ccc2cc3c(cc2c1)c1ccccc1n3-c1nc2c(nc1-c1ccc3ccc4ccccc4c3c1)oc1ccccc12. The highest BCUT2D eigenvalue weighted by molar-refractivity contribution is 6.14. The maximum atomic E-state index is 6.29. The molecular weight excluding hydrogens is 538 g/mol. The summed E-state index contributed by atoms with van der Waals surface area (Å²) in [5.41, 5.74) is 6.04.